The van der Waals surface area contributed by atoms with Gasteiger partial charge in [0.15, 0.2) is 11.6 Å². The highest BCUT2D eigenvalue weighted by atomic mass is 19.1. The van der Waals surface area contributed by atoms with Crippen molar-refractivity contribution in [1.82, 2.24) is 0 Å². The van der Waals surface area contributed by atoms with Crippen LogP contribution in [0, 0.1) is 5.82 Å². The molecule has 0 saturated carbocycles. The minimum absolute atomic E-state index is 0.119. The molecule has 0 saturated heterocycles. The minimum atomic E-state index is -0.774. The lowest BCUT2D eigenvalue weighted by molar-refractivity contribution is 0.0991. The largest absolute Gasteiger partial charge is 0.484 e. The molecule has 0 spiro atoms. The molecule has 3 nitrogen and oxygen atoms in total. The summed E-state index contributed by atoms with van der Waals surface area (Å²) in [5.74, 6) is -1.26. The van der Waals surface area contributed by atoms with Gasteiger partial charge in [0.25, 0.3) is 5.91 Å². The van der Waals surface area contributed by atoms with Crippen LogP contribution in [-0.2, 0) is 6.42 Å². The summed E-state index contributed by atoms with van der Waals surface area (Å²) >= 11 is 0. The van der Waals surface area contributed by atoms with Crippen LogP contribution in [0.4, 0.5) is 4.39 Å². The van der Waals surface area contributed by atoms with Gasteiger partial charge >= 0.3 is 0 Å². The van der Waals surface area contributed by atoms with Crippen molar-refractivity contribution in [3.8, 4) is 5.75 Å². The highest BCUT2D eigenvalue weighted by Crippen LogP contribution is 2.37. The predicted octanol–water partition coefficient (Wildman–Crippen LogP) is 1.64. The van der Waals surface area contributed by atoms with Crippen molar-refractivity contribution in [3.05, 3.63) is 29.1 Å². The Hall–Kier alpha value is -1.58. The van der Waals surface area contributed by atoms with E-state index in [0.29, 0.717) is 6.42 Å². The van der Waals surface area contributed by atoms with Crippen molar-refractivity contribution < 1.29 is 13.9 Å². The highest BCUT2D eigenvalue weighted by molar-refractivity contribution is 5.93. The van der Waals surface area contributed by atoms with Crippen molar-refractivity contribution >= 4 is 5.91 Å². The van der Waals surface area contributed by atoms with Crippen LogP contribution >= 0.6 is 0 Å². The summed E-state index contributed by atoms with van der Waals surface area (Å²) in [5, 5.41) is 0. The third kappa shape index (κ3) is 1.56. The Morgan fingerprint density at radius 3 is 2.80 bits per heavy atom. The number of ether oxygens (including phenoxy) is 1. The molecule has 0 fully saturated rings. The zero-order chi connectivity index (χ0) is 11.2. The molecule has 1 amide bonds. The number of carbonyl (C=O) groups excluding carboxylic acids is 1. The quantitative estimate of drug-likeness (QED) is 0.764. The van der Waals surface area contributed by atoms with Gasteiger partial charge in [-0.1, -0.05) is 6.07 Å². The molecule has 0 radical (unpaired) electrons. The van der Waals surface area contributed by atoms with Crippen molar-refractivity contribution in [3.63, 3.8) is 0 Å². The van der Waals surface area contributed by atoms with Crippen LogP contribution < -0.4 is 10.5 Å². The molecule has 1 aliphatic rings. The van der Waals surface area contributed by atoms with E-state index in [4.69, 9.17) is 10.5 Å². The standard InChI is InChI=1S/C11H12FNO2/c1-11(2)5-6-3-4-7(10(13)14)8(12)9(6)15-11/h3-4H,5H2,1-2H3,(H2,13,14). The first-order chi connectivity index (χ1) is 6.91. The molecule has 2 N–H and O–H groups in total. The Morgan fingerprint density at radius 2 is 2.20 bits per heavy atom. The fraction of sp³-hybridized carbons (Fsp3) is 0.364. The van der Waals surface area contributed by atoms with Crippen LogP contribution in [0.3, 0.4) is 0 Å². The Labute approximate surface area is 87.0 Å². The molecule has 0 unspecified atom stereocenters. The monoisotopic (exact) mass is 209 g/mol. The number of rotatable bonds is 1. The third-order valence-corrected chi connectivity index (χ3v) is 2.44. The van der Waals surface area contributed by atoms with Crippen molar-refractivity contribution in [1.29, 1.82) is 0 Å². The van der Waals surface area contributed by atoms with E-state index in [1.165, 1.54) is 6.07 Å². The summed E-state index contributed by atoms with van der Waals surface area (Å²) in [6.07, 6.45) is 0.637. The molecule has 15 heavy (non-hydrogen) atoms. The molecule has 1 aliphatic heterocycles. The lowest BCUT2D eigenvalue weighted by Gasteiger charge is -2.17. The van der Waals surface area contributed by atoms with Gasteiger partial charge in [0.1, 0.15) is 5.60 Å². The molecule has 1 aromatic carbocycles. The molecule has 4 heteroatoms. The first kappa shape index (κ1) is 9.96. The fourth-order valence-corrected chi connectivity index (χ4v) is 1.81. The van der Waals surface area contributed by atoms with E-state index in [9.17, 15) is 9.18 Å². The second-order valence-corrected chi connectivity index (χ2v) is 4.32. The number of fused-ring (bicyclic) bond motifs is 1. The van der Waals surface area contributed by atoms with E-state index in [-0.39, 0.29) is 11.3 Å². The third-order valence-electron chi connectivity index (χ3n) is 2.44. The van der Waals surface area contributed by atoms with Gasteiger partial charge in [-0.15, -0.1) is 0 Å². The topological polar surface area (TPSA) is 52.3 Å². The predicted molar refractivity (Wildman–Crippen MR) is 53.3 cm³/mol. The van der Waals surface area contributed by atoms with Crippen LogP contribution in [-0.4, -0.2) is 11.5 Å². The number of carbonyl (C=O) groups is 1. The summed E-state index contributed by atoms with van der Waals surface area (Å²) in [4.78, 5) is 10.9. The van der Waals surface area contributed by atoms with Crippen molar-refractivity contribution in [2.75, 3.05) is 0 Å². The number of benzene rings is 1. The van der Waals surface area contributed by atoms with Gasteiger partial charge in [-0.3, -0.25) is 4.79 Å². The maximum absolute atomic E-state index is 13.7. The summed E-state index contributed by atoms with van der Waals surface area (Å²) in [6, 6.07) is 3.09. The number of hydrogen-bond donors (Lipinski definition) is 1. The van der Waals surface area contributed by atoms with Gasteiger partial charge in [-0.2, -0.15) is 0 Å². The lowest BCUT2D eigenvalue weighted by atomic mass is 10.0. The summed E-state index contributed by atoms with van der Waals surface area (Å²) in [7, 11) is 0. The van der Waals surface area contributed by atoms with Gasteiger partial charge in [0.05, 0.1) is 5.56 Å². The maximum Gasteiger partial charge on any atom is 0.251 e. The van der Waals surface area contributed by atoms with Crippen molar-refractivity contribution in [2.24, 2.45) is 5.73 Å². The first-order valence-corrected chi connectivity index (χ1v) is 4.71. The van der Waals surface area contributed by atoms with Crippen LogP contribution in [0.5, 0.6) is 5.75 Å². The van der Waals surface area contributed by atoms with Gasteiger partial charge in [-0.05, 0) is 19.9 Å². The zero-order valence-electron chi connectivity index (χ0n) is 8.63. The zero-order valence-corrected chi connectivity index (χ0v) is 8.63. The molecule has 2 rings (SSSR count). The van der Waals surface area contributed by atoms with Crippen LogP contribution in [0.15, 0.2) is 12.1 Å². The average molecular weight is 209 g/mol. The summed E-state index contributed by atoms with van der Waals surface area (Å²) in [5.41, 5.74) is 5.29. The van der Waals surface area contributed by atoms with Gasteiger partial charge in [0.2, 0.25) is 0 Å². The van der Waals surface area contributed by atoms with Gasteiger partial charge < -0.3 is 10.5 Å². The molecule has 0 atom stereocenters. The van der Waals surface area contributed by atoms with E-state index < -0.39 is 17.3 Å². The van der Waals surface area contributed by atoms with E-state index in [2.05, 4.69) is 0 Å². The molecule has 0 bridgehead atoms. The van der Waals surface area contributed by atoms with Crippen LogP contribution in [0.25, 0.3) is 0 Å². The first-order valence-electron chi connectivity index (χ1n) is 4.71. The van der Waals surface area contributed by atoms with E-state index in [1.807, 2.05) is 13.8 Å². The SMILES string of the molecule is CC1(C)Cc2ccc(C(N)=O)c(F)c2O1. The molecule has 0 aliphatic carbocycles. The normalized spacial score (nSPS) is 17.0. The lowest BCUT2D eigenvalue weighted by Crippen LogP contribution is -2.25. The van der Waals surface area contributed by atoms with Gasteiger partial charge in [0, 0.05) is 12.0 Å². The second kappa shape index (κ2) is 2.95. The molecule has 0 aromatic heterocycles. The Kier molecular flexibility index (Phi) is 1.96. The number of hydrogen-bond acceptors (Lipinski definition) is 2. The highest BCUT2D eigenvalue weighted by Gasteiger charge is 2.33. The summed E-state index contributed by atoms with van der Waals surface area (Å²) < 4.78 is 19.2. The van der Waals surface area contributed by atoms with Crippen molar-refractivity contribution in [2.45, 2.75) is 25.9 Å². The molecular formula is C11H12FNO2. The average Bonchev–Trinajstić information content (AvgIpc) is 2.40. The van der Waals surface area contributed by atoms with Crippen LogP contribution in [0.2, 0.25) is 0 Å². The molecule has 1 heterocycles. The van der Waals surface area contributed by atoms with E-state index in [1.54, 1.807) is 6.07 Å². The minimum Gasteiger partial charge on any atom is -0.484 e. The Bertz CT molecular complexity index is 440. The second-order valence-electron chi connectivity index (χ2n) is 4.32. The van der Waals surface area contributed by atoms with Crippen LogP contribution in [0.1, 0.15) is 29.8 Å². The van der Waals surface area contributed by atoms with E-state index >= 15 is 0 Å². The molecule has 80 valence electrons. The number of halogens is 1. The fourth-order valence-electron chi connectivity index (χ4n) is 1.81. The molecule has 1 aromatic rings. The summed E-state index contributed by atoms with van der Waals surface area (Å²) in [6.45, 7) is 3.74. The number of amides is 1. The Balaban J connectivity index is 2.53. The van der Waals surface area contributed by atoms with Gasteiger partial charge in [-0.25, -0.2) is 4.39 Å². The maximum atomic E-state index is 13.7. The van der Waals surface area contributed by atoms with E-state index in [0.717, 1.165) is 5.56 Å². The number of primary amides is 1. The Morgan fingerprint density at radius 1 is 1.53 bits per heavy atom. The smallest absolute Gasteiger partial charge is 0.251 e. The molecular weight excluding hydrogens is 197 g/mol. The number of nitrogens with two attached hydrogens (primary N) is 1.